The third kappa shape index (κ3) is 5.86. The number of hydrogen-bond acceptors (Lipinski definition) is 4. The van der Waals surface area contributed by atoms with E-state index in [4.69, 9.17) is 9.57 Å². The molecule has 0 saturated heterocycles. The summed E-state index contributed by atoms with van der Waals surface area (Å²) in [6, 6.07) is -0.335. The zero-order valence-electron chi connectivity index (χ0n) is 11.7. The number of carbonyl (C=O) groups excluding carboxylic acids is 2. The average molecular weight is 260 g/mol. The minimum atomic E-state index is -0.335. The number of nitrogens with zero attached hydrogens (tertiary/aromatic N) is 1. The van der Waals surface area contributed by atoms with Crippen molar-refractivity contribution in [3.63, 3.8) is 0 Å². The first-order valence-corrected chi connectivity index (χ1v) is 6.43. The van der Waals surface area contributed by atoms with Crippen molar-refractivity contribution >= 4 is 12.0 Å². The molecule has 0 aromatic rings. The lowest BCUT2D eigenvalue weighted by atomic mass is 10.0. The second-order valence-corrected chi connectivity index (χ2v) is 3.82. The Morgan fingerprint density at radius 2 is 1.67 bits per heavy atom. The molecule has 0 fully saturated rings. The number of carbonyl (C=O) groups is 2. The van der Waals surface area contributed by atoms with E-state index in [1.54, 1.807) is 4.90 Å². The van der Waals surface area contributed by atoms with E-state index < -0.39 is 0 Å². The predicted octanol–water partition coefficient (Wildman–Crippen LogP) is 1.91. The summed E-state index contributed by atoms with van der Waals surface area (Å²) >= 11 is 0. The summed E-state index contributed by atoms with van der Waals surface area (Å²) in [7, 11) is 0. The van der Waals surface area contributed by atoms with Crippen LogP contribution in [0.5, 0.6) is 0 Å². The van der Waals surface area contributed by atoms with Crippen molar-refractivity contribution in [2.45, 2.75) is 40.5 Å². The van der Waals surface area contributed by atoms with Gasteiger partial charge in [-0.15, -0.1) is 0 Å². The van der Waals surface area contributed by atoms with Crippen LogP contribution in [0.3, 0.4) is 0 Å². The van der Waals surface area contributed by atoms with Crippen LogP contribution < -0.4 is 5.48 Å². The predicted molar refractivity (Wildman–Crippen MR) is 67.6 cm³/mol. The molecule has 0 rings (SSSR count). The molecule has 0 spiro atoms. The Morgan fingerprint density at radius 1 is 1.11 bits per heavy atom. The van der Waals surface area contributed by atoms with Crippen LogP contribution in [0.15, 0.2) is 0 Å². The zero-order valence-corrected chi connectivity index (χ0v) is 11.7. The van der Waals surface area contributed by atoms with Crippen molar-refractivity contribution in [1.82, 2.24) is 10.4 Å². The summed E-state index contributed by atoms with van der Waals surface area (Å²) in [6.07, 6.45) is 1.47. The third-order valence-electron chi connectivity index (χ3n) is 2.79. The summed E-state index contributed by atoms with van der Waals surface area (Å²) in [5.41, 5.74) is 2.22. The van der Waals surface area contributed by atoms with Gasteiger partial charge in [-0.25, -0.2) is 15.1 Å². The first-order valence-electron chi connectivity index (χ1n) is 6.43. The summed E-state index contributed by atoms with van der Waals surface area (Å²) in [6.45, 7) is 8.53. The molecule has 0 aliphatic rings. The molecule has 18 heavy (non-hydrogen) atoms. The molecule has 2 amide bonds. The summed E-state index contributed by atoms with van der Waals surface area (Å²) in [4.78, 5) is 29.3. The van der Waals surface area contributed by atoms with E-state index in [-0.39, 0.29) is 24.7 Å². The Morgan fingerprint density at radius 3 is 2.11 bits per heavy atom. The quantitative estimate of drug-likeness (QED) is 0.313. The molecule has 106 valence electrons. The Bertz CT molecular complexity index is 224. The van der Waals surface area contributed by atoms with Crippen molar-refractivity contribution in [1.29, 1.82) is 0 Å². The Labute approximate surface area is 109 Å². The maximum atomic E-state index is 11.5. The fourth-order valence-corrected chi connectivity index (χ4v) is 1.49. The largest absolute Gasteiger partial charge is 0.436 e. The van der Waals surface area contributed by atoms with Crippen molar-refractivity contribution in [2.24, 2.45) is 5.92 Å². The average Bonchev–Trinajstić information content (AvgIpc) is 2.37. The van der Waals surface area contributed by atoms with E-state index in [0.717, 1.165) is 12.8 Å². The maximum Gasteiger partial charge on any atom is 0.341 e. The molecule has 6 heteroatoms. The van der Waals surface area contributed by atoms with Gasteiger partial charge in [-0.3, -0.25) is 4.79 Å². The van der Waals surface area contributed by atoms with Gasteiger partial charge in [-0.2, -0.15) is 0 Å². The minimum Gasteiger partial charge on any atom is -0.436 e. The van der Waals surface area contributed by atoms with Gasteiger partial charge in [0.15, 0.2) is 0 Å². The highest BCUT2D eigenvalue weighted by Crippen LogP contribution is 2.09. The van der Waals surface area contributed by atoms with Crippen LogP contribution in [0.1, 0.15) is 40.5 Å². The second kappa shape index (κ2) is 9.70. The minimum absolute atomic E-state index is 0.105. The van der Waals surface area contributed by atoms with Crippen molar-refractivity contribution < 1.29 is 19.2 Å². The number of urea groups is 1. The van der Waals surface area contributed by atoms with Crippen molar-refractivity contribution in [2.75, 3.05) is 19.9 Å². The number of ether oxygens (including phenoxy) is 1. The van der Waals surface area contributed by atoms with E-state index >= 15 is 0 Å². The third-order valence-corrected chi connectivity index (χ3v) is 2.79. The molecule has 0 radical (unpaired) electrons. The maximum absolute atomic E-state index is 11.5. The van der Waals surface area contributed by atoms with Gasteiger partial charge in [0.1, 0.15) is 0 Å². The molecule has 0 aliphatic carbocycles. The van der Waals surface area contributed by atoms with E-state index in [1.807, 2.05) is 27.7 Å². The van der Waals surface area contributed by atoms with E-state index in [2.05, 4.69) is 5.48 Å². The van der Waals surface area contributed by atoms with Gasteiger partial charge in [0.2, 0.25) is 6.79 Å². The topological polar surface area (TPSA) is 67.9 Å². The zero-order chi connectivity index (χ0) is 14.0. The molecular formula is C12H24N2O4. The Hall–Kier alpha value is -1.30. The fraction of sp³-hybridized carbons (Fsp3) is 0.833. The Kier molecular flexibility index (Phi) is 9.00. The number of esters is 1. The van der Waals surface area contributed by atoms with Gasteiger partial charge in [0, 0.05) is 13.1 Å². The lowest BCUT2D eigenvalue weighted by molar-refractivity contribution is -0.166. The van der Waals surface area contributed by atoms with Gasteiger partial charge in [0.05, 0.1) is 5.92 Å². The molecule has 0 aromatic carbocycles. The van der Waals surface area contributed by atoms with Crippen LogP contribution in [-0.4, -0.2) is 36.8 Å². The molecular weight excluding hydrogens is 236 g/mol. The first-order chi connectivity index (χ1) is 8.60. The smallest absolute Gasteiger partial charge is 0.341 e. The van der Waals surface area contributed by atoms with Gasteiger partial charge in [-0.05, 0) is 26.7 Å². The highest BCUT2D eigenvalue weighted by atomic mass is 16.8. The Balaban J connectivity index is 3.79. The van der Waals surface area contributed by atoms with E-state index in [1.165, 1.54) is 0 Å². The van der Waals surface area contributed by atoms with E-state index in [9.17, 15) is 9.59 Å². The summed E-state index contributed by atoms with van der Waals surface area (Å²) in [5, 5.41) is 0. The molecule has 0 aromatic heterocycles. The molecule has 6 nitrogen and oxygen atoms in total. The summed E-state index contributed by atoms with van der Waals surface area (Å²) in [5.74, 6) is -0.399. The van der Waals surface area contributed by atoms with Crippen LogP contribution in [0.25, 0.3) is 0 Å². The molecule has 0 unspecified atom stereocenters. The van der Waals surface area contributed by atoms with Crippen LogP contribution in [0.2, 0.25) is 0 Å². The van der Waals surface area contributed by atoms with Crippen LogP contribution >= 0.6 is 0 Å². The van der Waals surface area contributed by atoms with Crippen LogP contribution in [0.4, 0.5) is 4.79 Å². The molecule has 0 atom stereocenters. The highest BCUT2D eigenvalue weighted by Gasteiger charge is 2.15. The van der Waals surface area contributed by atoms with Gasteiger partial charge >= 0.3 is 12.0 Å². The van der Waals surface area contributed by atoms with Crippen LogP contribution in [0, 0.1) is 5.92 Å². The second-order valence-electron chi connectivity index (χ2n) is 3.82. The molecule has 0 bridgehead atoms. The highest BCUT2D eigenvalue weighted by molar-refractivity contribution is 5.73. The van der Waals surface area contributed by atoms with E-state index in [0.29, 0.717) is 13.1 Å². The molecule has 1 N–H and O–H groups in total. The summed E-state index contributed by atoms with van der Waals surface area (Å²) < 4.78 is 4.89. The number of amides is 2. The van der Waals surface area contributed by atoms with Gasteiger partial charge in [0.25, 0.3) is 0 Å². The lowest BCUT2D eigenvalue weighted by Crippen LogP contribution is -2.40. The molecule has 0 heterocycles. The number of nitrogens with one attached hydrogen (secondary N) is 1. The standard InChI is InChI=1S/C12H24N2O4/c1-5-10(6-2)11(15)17-9-18-13-12(16)14(7-3)8-4/h10H,5-9H2,1-4H3,(H,13,16). The SMILES string of the molecule is CCC(CC)C(=O)OCONC(=O)N(CC)CC. The first kappa shape index (κ1) is 16.7. The molecule has 0 saturated carbocycles. The normalized spacial score (nSPS) is 10.3. The number of hydroxylamine groups is 1. The molecule has 0 aliphatic heterocycles. The van der Waals surface area contributed by atoms with Crippen LogP contribution in [-0.2, 0) is 14.4 Å². The van der Waals surface area contributed by atoms with Crippen molar-refractivity contribution in [3.8, 4) is 0 Å². The van der Waals surface area contributed by atoms with Gasteiger partial charge < -0.3 is 9.64 Å². The number of rotatable bonds is 8. The van der Waals surface area contributed by atoms with Gasteiger partial charge in [-0.1, -0.05) is 13.8 Å². The number of hydrogen-bond donors (Lipinski definition) is 1. The lowest BCUT2D eigenvalue weighted by Gasteiger charge is -2.18. The monoisotopic (exact) mass is 260 g/mol. The van der Waals surface area contributed by atoms with Crippen molar-refractivity contribution in [3.05, 3.63) is 0 Å². The fourth-order valence-electron chi connectivity index (χ4n) is 1.49.